The van der Waals surface area contributed by atoms with Gasteiger partial charge in [-0.25, -0.2) is 0 Å². The minimum atomic E-state index is -0.961. The van der Waals surface area contributed by atoms with E-state index in [9.17, 15) is 19.2 Å². The fourth-order valence-corrected chi connectivity index (χ4v) is 4.89. The van der Waals surface area contributed by atoms with Crippen LogP contribution in [-0.4, -0.2) is 64.4 Å². The lowest BCUT2D eigenvalue weighted by molar-refractivity contribution is -0.159. The zero-order valence-corrected chi connectivity index (χ0v) is 19.4. The van der Waals surface area contributed by atoms with Crippen molar-refractivity contribution in [3.8, 4) is 0 Å². The largest absolute Gasteiger partial charge is 0.463 e. The number of imide groups is 1. The molecule has 8 nitrogen and oxygen atoms in total. The Bertz CT molecular complexity index is 755. The van der Waals surface area contributed by atoms with E-state index in [1.807, 2.05) is 12.2 Å². The Hall–Kier alpha value is -1.74. The molecule has 0 aromatic carbocycles. The van der Waals surface area contributed by atoms with Gasteiger partial charge in [-0.05, 0) is 41.0 Å². The van der Waals surface area contributed by atoms with Crippen LogP contribution in [0.5, 0.6) is 0 Å². The first-order chi connectivity index (χ1) is 13.8. The van der Waals surface area contributed by atoms with Crippen molar-refractivity contribution in [2.45, 2.75) is 63.7 Å². The molecule has 0 N–H and O–H groups in total. The molecule has 5 unspecified atom stereocenters. The lowest BCUT2D eigenvalue weighted by Gasteiger charge is -2.27. The summed E-state index contributed by atoms with van der Waals surface area (Å²) in [5.41, 5.74) is -1.58. The highest BCUT2D eigenvalue weighted by Gasteiger charge is 2.60. The van der Waals surface area contributed by atoms with E-state index in [1.165, 1.54) is 4.90 Å². The first-order valence-corrected chi connectivity index (χ1v) is 11.0. The fraction of sp³-hybridized carbons (Fsp3) is 0.714. The van der Waals surface area contributed by atoms with Gasteiger partial charge in [0.25, 0.3) is 0 Å². The Labute approximate surface area is 184 Å². The fourth-order valence-electron chi connectivity index (χ4n) is 3.99. The molecule has 3 aliphatic rings. The van der Waals surface area contributed by atoms with Gasteiger partial charge >= 0.3 is 11.9 Å². The number of halogens is 1. The third-order valence-electron chi connectivity index (χ3n) is 5.45. The molecule has 2 fully saturated rings. The number of hydrogen-bond donors (Lipinski definition) is 0. The summed E-state index contributed by atoms with van der Waals surface area (Å²) in [5.74, 6) is -2.45. The topological polar surface area (TPSA) is 99.2 Å². The molecule has 166 valence electrons. The molecule has 0 aliphatic carbocycles. The Morgan fingerprint density at radius 2 is 1.63 bits per heavy atom. The maximum absolute atomic E-state index is 12.6. The molecule has 2 saturated heterocycles. The van der Waals surface area contributed by atoms with Gasteiger partial charge in [0, 0.05) is 0 Å². The maximum atomic E-state index is 12.6. The number of rotatable bonds is 7. The van der Waals surface area contributed by atoms with Crippen LogP contribution in [0.1, 0.15) is 41.0 Å². The van der Waals surface area contributed by atoms with Crippen LogP contribution in [0.15, 0.2) is 12.2 Å². The van der Waals surface area contributed by atoms with Gasteiger partial charge in [0.2, 0.25) is 11.8 Å². The van der Waals surface area contributed by atoms with Crippen molar-refractivity contribution in [1.29, 1.82) is 0 Å². The molecule has 5 atom stereocenters. The van der Waals surface area contributed by atoms with Crippen molar-refractivity contribution in [2.24, 2.45) is 17.3 Å². The summed E-state index contributed by atoms with van der Waals surface area (Å²) in [6.07, 6.45) is 3.14. The van der Waals surface area contributed by atoms with Gasteiger partial charge in [-0.3, -0.25) is 24.1 Å². The van der Waals surface area contributed by atoms with E-state index in [-0.39, 0.29) is 43.6 Å². The first kappa shape index (κ1) is 22.9. The van der Waals surface area contributed by atoms with E-state index in [1.54, 1.807) is 34.6 Å². The average Bonchev–Trinajstić information content (AvgIpc) is 3.29. The Morgan fingerprint density at radius 1 is 1.10 bits per heavy atom. The molecule has 2 amide bonds. The van der Waals surface area contributed by atoms with Crippen molar-refractivity contribution in [3.63, 3.8) is 0 Å². The number of fused-ring (bicyclic) bond motifs is 5. The highest BCUT2D eigenvalue weighted by Crippen LogP contribution is 2.44. The highest BCUT2D eigenvalue weighted by atomic mass is 79.9. The van der Waals surface area contributed by atoms with Crippen LogP contribution < -0.4 is 0 Å². The molecule has 0 saturated carbocycles. The summed E-state index contributed by atoms with van der Waals surface area (Å²) in [6, 6.07) is 0. The second-order valence-corrected chi connectivity index (χ2v) is 10.7. The summed E-state index contributed by atoms with van der Waals surface area (Å²) >= 11 is 3.28. The summed E-state index contributed by atoms with van der Waals surface area (Å²) < 4.78 is 16.2. The number of ether oxygens (including phenoxy) is 3. The molecule has 3 rings (SSSR count). The average molecular weight is 486 g/mol. The first-order valence-electron chi connectivity index (χ1n) is 10.0. The minimum absolute atomic E-state index is 0.00966. The van der Waals surface area contributed by atoms with Crippen LogP contribution in [-0.2, 0) is 33.4 Å². The number of amides is 2. The normalized spacial score (nSPS) is 28.7. The van der Waals surface area contributed by atoms with E-state index in [2.05, 4.69) is 15.9 Å². The molecule has 2 bridgehead atoms. The van der Waals surface area contributed by atoms with Gasteiger partial charge in [-0.2, -0.15) is 0 Å². The van der Waals surface area contributed by atoms with Crippen molar-refractivity contribution < 1.29 is 33.4 Å². The molecule has 0 spiro atoms. The van der Waals surface area contributed by atoms with Crippen molar-refractivity contribution in [3.05, 3.63) is 12.2 Å². The quantitative estimate of drug-likeness (QED) is 0.235. The van der Waals surface area contributed by atoms with E-state index in [0.717, 1.165) is 0 Å². The Morgan fingerprint density at radius 3 is 2.13 bits per heavy atom. The van der Waals surface area contributed by atoms with E-state index >= 15 is 0 Å². The van der Waals surface area contributed by atoms with Gasteiger partial charge in [0.05, 0.1) is 36.0 Å². The van der Waals surface area contributed by atoms with Gasteiger partial charge in [0.1, 0.15) is 17.0 Å². The summed E-state index contributed by atoms with van der Waals surface area (Å²) in [4.78, 5) is 50.4. The van der Waals surface area contributed by atoms with Crippen LogP contribution in [0.3, 0.4) is 0 Å². The molecular formula is C21H28BrNO7. The zero-order chi connectivity index (χ0) is 22.4. The van der Waals surface area contributed by atoms with Crippen molar-refractivity contribution in [1.82, 2.24) is 4.90 Å². The molecule has 0 aromatic rings. The van der Waals surface area contributed by atoms with Crippen LogP contribution in [0, 0.1) is 17.3 Å². The standard InChI is InChI=1S/C21H28BrNO7/c1-20(2,3)30-18(26)11(22)10-21(4,5)19(27)28-9-8-23-16(24)14-12-6-7-13(29-12)15(14)17(23)25/h6-7,11-15H,8-10H2,1-5H3. The summed E-state index contributed by atoms with van der Waals surface area (Å²) in [6.45, 7) is 8.57. The van der Waals surface area contributed by atoms with Crippen molar-refractivity contribution in [2.75, 3.05) is 13.2 Å². The van der Waals surface area contributed by atoms with Crippen LogP contribution in [0.4, 0.5) is 0 Å². The molecule has 0 radical (unpaired) electrons. The molecule has 3 aliphatic heterocycles. The Kier molecular flexibility index (Phi) is 6.17. The zero-order valence-electron chi connectivity index (χ0n) is 17.8. The van der Waals surface area contributed by atoms with Crippen LogP contribution in [0.25, 0.3) is 0 Å². The van der Waals surface area contributed by atoms with Gasteiger partial charge < -0.3 is 14.2 Å². The number of likely N-dealkylation sites (tertiary alicyclic amines) is 1. The number of nitrogens with zero attached hydrogens (tertiary/aromatic N) is 1. The van der Waals surface area contributed by atoms with E-state index in [0.29, 0.717) is 0 Å². The molecular weight excluding hydrogens is 458 g/mol. The second-order valence-electron chi connectivity index (χ2n) is 9.55. The predicted octanol–water partition coefficient (Wildman–Crippen LogP) is 1.99. The molecule has 9 heteroatoms. The lowest BCUT2D eigenvalue weighted by atomic mass is 9.85. The second kappa shape index (κ2) is 8.07. The van der Waals surface area contributed by atoms with Crippen LogP contribution >= 0.6 is 15.9 Å². The third-order valence-corrected chi connectivity index (χ3v) is 6.15. The number of carbonyl (C=O) groups excluding carboxylic acids is 4. The summed E-state index contributed by atoms with van der Waals surface area (Å²) in [7, 11) is 0. The summed E-state index contributed by atoms with van der Waals surface area (Å²) in [5, 5.41) is 0. The minimum Gasteiger partial charge on any atom is -0.463 e. The molecule has 30 heavy (non-hydrogen) atoms. The smallest absolute Gasteiger partial charge is 0.320 e. The molecule has 0 aromatic heterocycles. The monoisotopic (exact) mass is 485 g/mol. The number of carbonyl (C=O) groups is 4. The van der Waals surface area contributed by atoms with E-state index in [4.69, 9.17) is 14.2 Å². The maximum Gasteiger partial charge on any atom is 0.320 e. The van der Waals surface area contributed by atoms with Crippen molar-refractivity contribution >= 4 is 39.7 Å². The third kappa shape index (κ3) is 4.46. The highest BCUT2D eigenvalue weighted by molar-refractivity contribution is 9.10. The Balaban J connectivity index is 1.49. The number of esters is 2. The van der Waals surface area contributed by atoms with Gasteiger partial charge in [0.15, 0.2) is 0 Å². The van der Waals surface area contributed by atoms with E-state index < -0.39 is 39.6 Å². The molecule has 3 heterocycles. The van der Waals surface area contributed by atoms with Gasteiger partial charge in [-0.15, -0.1) is 0 Å². The van der Waals surface area contributed by atoms with Gasteiger partial charge in [-0.1, -0.05) is 28.1 Å². The SMILES string of the molecule is CC(C)(C)OC(=O)C(Br)CC(C)(C)C(=O)OCCN1C(=O)C2C3C=CC(O3)C2C1=O. The number of hydrogen-bond acceptors (Lipinski definition) is 7. The van der Waals surface area contributed by atoms with Crippen LogP contribution in [0.2, 0.25) is 0 Å². The predicted molar refractivity (Wildman–Crippen MR) is 109 cm³/mol. The number of alkyl halides is 1. The lowest BCUT2D eigenvalue weighted by Crippen LogP contribution is -2.39.